The summed E-state index contributed by atoms with van der Waals surface area (Å²) in [5.74, 6) is -1.01. The molecule has 2 heterocycles. The normalized spacial score (nSPS) is 18.9. The molecule has 0 aromatic carbocycles. The third kappa shape index (κ3) is 3.30. The molecule has 1 saturated heterocycles. The Hall–Kier alpha value is -1.56. The number of carboxylic acids is 1. The fraction of sp³-hybridized carbons (Fsp3) is 0.571. The van der Waals surface area contributed by atoms with Gasteiger partial charge < -0.3 is 10.0 Å². The number of aromatic carboxylic acids is 1. The van der Waals surface area contributed by atoms with Gasteiger partial charge in [-0.1, -0.05) is 13.3 Å². The van der Waals surface area contributed by atoms with Gasteiger partial charge in [-0.05, 0) is 37.1 Å². The summed E-state index contributed by atoms with van der Waals surface area (Å²) in [5.41, 5.74) is 0.160. The Morgan fingerprint density at radius 2 is 2.30 bits per heavy atom. The van der Waals surface area contributed by atoms with Crippen LogP contribution in [0.25, 0.3) is 0 Å². The standard InChI is InChI=1S/C14H20N2O3S/c1-2-5-10-6-3-4-8-16(10)14(19)15-12-11(13(17)18)7-9-20-12/h7,9-10H,2-6,8H2,1H3,(H,15,19)(H,17,18). The largest absolute Gasteiger partial charge is 0.478 e. The molecule has 110 valence electrons. The molecule has 1 aliphatic heterocycles. The number of carbonyl (C=O) groups excluding carboxylic acids is 1. The van der Waals surface area contributed by atoms with E-state index in [-0.39, 0.29) is 17.6 Å². The van der Waals surface area contributed by atoms with E-state index in [0.29, 0.717) is 5.00 Å². The highest BCUT2D eigenvalue weighted by Gasteiger charge is 2.27. The van der Waals surface area contributed by atoms with Crippen LogP contribution in [0, 0.1) is 0 Å². The molecule has 2 amide bonds. The van der Waals surface area contributed by atoms with E-state index < -0.39 is 5.97 Å². The predicted molar refractivity (Wildman–Crippen MR) is 79.6 cm³/mol. The highest BCUT2D eigenvalue weighted by molar-refractivity contribution is 7.14. The van der Waals surface area contributed by atoms with Crippen molar-refractivity contribution in [2.24, 2.45) is 0 Å². The number of nitrogens with one attached hydrogen (secondary N) is 1. The van der Waals surface area contributed by atoms with Crippen molar-refractivity contribution in [2.45, 2.75) is 45.1 Å². The number of likely N-dealkylation sites (tertiary alicyclic amines) is 1. The summed E-state index contributed by atoms with van der Waals surface area (Å²) in [6.07, 6.45) is 5.27. The van der Waals surface area contributed by atoms with Crippen LogP contribution in [0.4, 0.5) is 9.80 Å². The van der Waals surface area contributed by atoms with Crippen molar-refractivity contribution < 1.29 is 14.7 Å². The fourth-order valence-corrected chi connectivity index (χ4v) is 3.41. The quantitative estimate of drug-likeness (QED) is 0.891. The molecule has 1 aliphatic rings. The maximum atomic E-state index is 12.4. The Labute approximate surface area is 122 Å². The minimum Gasteiger partial charge on any atom is -0.478 e. The third-order valence-electron chi connectivity index (χ3n) is 3.63. The predicted octanol–water partition coefficient (Wildman–Crippen LogP) is 3.63. The van der Waals surface area contributed by atoms with Gasteiger partial charge in [0.2, 0.25) is 0 Å². The van der Waals surface area contributed by atoms with Gasteiger partial charge in [0.15, 0.2) is 0 Å². The fourth-order valence-electron chi connectivity index (χ4n) is 2.64. The molecule has 0 radical (unpaired) electrons. The van der Waals surface area contributed by atoms with Gasteiger partial charge in [-0.15, -0.1) is 11.3 Å². The van der Waals surface area contributed by atoms with Crippen molar-refractivity contribution in [3.05, 3.63) is 17.0 Å². The van der Waals surface area contributed by atoms with Gasteiger partial charge in [-0.3, -0.25) is 5.32 Å². The summed E-state index contributed by atoms with van der Waals surface area (Å²) in [5, 5.41) is 13.9. The molecule has 2 N–H and O–H groups in total. The van der Waals surface area contributed by atoms with Crippen molar-refractivity contribution >= 4 is 28.3 Å². The Kier molecular flexibility index (Phi) is 5.00. The molecule has 0 saturated carbocycles. The Morgan fingerprint density at radius 1 is 1.50 bits per heavy atom. The summed E-state index contributed by atoms with van der Waals surface area (Å²) in [4.78, 5) is 25.3. The first-order valence-electron chi connectivity index (χ1n) is 7.02. The van der Waals surface area contributed by atoms with E-state index in [0.717, 1.165) is 38.6 Å². The van der Waals surface area contributed by atoms with Crippen LogP contribution in [0.2, 0.25) is 0 Å². The van der Waals surface area contributed by atoms with Gasteiger partial charge in [0.05, 0.1) is 5.56 Å². The third-order valence-corrected chi connectivity index (χ3v) is 4.46. The van der Waals surface area contributed by atoms with E-state index in [9.17, 15) is 9.59 Å². The maximum Gasteiger partial charge on any atom is 0.338 e. The molecule has 20 heavy (non-hydrogen) atoms. The van der Waals surface area contributed by atoms with Crippen LogP contribution in [0.15, 0.2) is 11.4 Å². The van der Waals surface area contributed by atoms with Gasteiger partial charge in [-0.25, -0.2) is 9.59 Å². The van der Waals surface area contributed by atoms with Crippen LogP contribution in [0.5, 0.6) is 0 Å². The van der Waals surface area contributed by atoms with E-state index in [4.69, 9.17) is 5.11 Å². The number of urea groups is 1. The van der Waals surface area contributed by atoms with Gasteiger partial charge in [0.25, 0.3) is 0 Å². The molecule has 1 unspecified atom stereocenters. The SMILES string of the molecule is CCCC1CCCCN1C(=O)Nc1sccc1C(=O)O. The topological polar surface area (TPSA) is 69.6 Å². The van der Waals surface area contributed by atoms with Crippen LogP contribution in [0.1, 0.15) is 49.4 Å². The summed E-state index contributed by atoms with van der Waals surface area (Å²) in [6.45, 7) is 2.87. The van der Waals surface area contributed by atoms with Crippen molar-refractivity contribution in [2.75, 3.05) is 11.9 Å². The first-order chi connectivity index (χ1) is 9.63. The number of rotatable bonds is 4. The Bertz CT molecular complexity index is 485. The average molecular weight is 296 g/mol. The van der Waals surface area contributed by atoms with Crippen LogP contribution in [0.3, 0.4) is 0 Å². The van der Waals surface area contributed by atoms with E-state index in [2.05, 4.69) is 12.2 Å². The molecule has 0 aliphatic carbocycles. The second-order valence-corrected chi connectivity index (χ2v) is 5.95. The first kappa shape index (κ1) is 14.8. The number of hydrogen-bond acceptors (Lipinski definition) is 3. The van der Waals surface area contributed by atoms with Crippen LogP contribution in [-0.4, -0.2) is 34.6 Å². The van der Waals surface area contributed by atoms with E-state index in [1.807, 2.05) is 4.90 Å². The summed E-state index contributed by atoms with van der Waals surface area (Å²) in [6, 6.07) is 1.62. The number of carbonyl (C=O) groups is 2. The van der Waals surface area contributed by atoms with Crippen molar-refractivity contribution in [1.82, 2.24) is 4.90 Å². The number of anilines is 1. The average Bonchev–Trinajstić information content (AvgIpc) is 2.88. The van der Waals surface area contributed by atoms with Crippen molar-refractivity contribution in [3.8, 4) is 0 Å². The molecule has 1 aromatic rings. The zero-order valence-electron chi connectivity index (χ0n) is 11.6. The van der Waals surface area contributed by atoms with Gasteiger partial charge in [-0.2, -0.15) is 0 Å². The first-order valence-corrected chi connectivity index (χ1v) is 7.89. The van der Waals surface area contributed by atoms with E-state index in [1.165, 1.54) is 17.4 Å². The minimum absolute atomic E-state index is 0.160. The van der Waals surface area contributed by atoms with E-state index in [1.54, 1.807) is 5.38 Å². The lowest BCUT2D eigenvalue weighted by Crippen LogP contribution is -2.45. The van der Waals surface area contributed by atoms with Crippen LogP contribution in [-0.2, 0) is 0 Å². The van der Waals surface area contributed by atoms with Crippen molar-refractivity contribution in [3.63, 3.8) is 0 Å². The zero-order valence-corrected chi connectivity index (χ0v) is 12.4. The smallest absolute Gasteiger partial charge is 0.338 e. The second-order valence-electron chi connectivity index (χ2n) is 5.03. The highest BCUT2D eigenvalue weighted by atomic mass is 32.1. The lowest BCUT2D eigenvalue weighted by molar-refractivity contribution is 0.0698. The Morgan fingerprint density at radius 3 is 3.00 bits per heavy atom. The maximum absolute atomic E-state index is 12.4. The monoisotopic (exact) mass is 296 g/mol. The molecule has 6 heteroatoms. The summed E-state index contributed by atoms with van der Waals surface area (Å²) in [7, 11) is 0. The number of hydrogen-bond donors (Lipinski definition) is 2. The lowest BCUT2D eigenvalue weighted by atomic mass is 9.99. The number of thiophene rings is 1. The molecule has 1 aromatic heterocycles. The van der Waals surface area contributed by atoms with Crippen molar-refractivity contribution in [1.29, 1.82) is 0 Å². The molecule has 0 spiro atoms. The molecule has 1 fully saturated rings. The molecule has 1 atom stereocenters. The number of carboxylic acid groups (broad SMARTS) is 1. The van der Waals surface area contributed by atoms with Gasteiger partial charge in [0.1, 0.15) is 5.00 Å². The summed E-state index contributed by atoms with van der Waals surface area (Å²) < 4.78 is 0. The molecule has 2 rings (SSSR count). The lowest BCUT2D eigenvalue weighted by Gasteiger charge is -2.35. The van der Waals surface area contributed by atoms with Gasteiger partial charge in [0, 0.05) is 12.6 Å². The van der Waals surface area contributed by atoms with Crippen LogP contribution >= 0.6 is 11.3 Å². The minimum atomic E-state index is -1.01. The number of nitrogens with zero attached hydrogens (tertiary/aromatic N) is 1. The second kappa shape index (κ2) is 6.74. The highest BCUT2D eigenvalue weighted by Crippen LogP contribution is 2.26. The van der Waals surface area contributed by atoms with Crippen LogP contribution < -0.4 is 5.32 Å². The molecular formula is C14H20N2O3S. The summed E-state index contributed by atoms with van der Waals surface area (Å²) >= 11 is 1.25. The molecule has 0 bridgehead atoms. The Balaban J connectivity index is 2.06. The molecule has 5 nitrogen and oxygen atoms in total. The zero-order chi connectivity index (χ0) is 14.5. The number of piperidine rings is 1. The van der Waals surface area contributed by atoms with E-state index >= 15 is 0 Å². The van der Waals surface area contributed by atoms with Gasteiger partial charge >= 0.3 is 12.0 Å². The number of amides is 2. The molecular weight excluding hydrogens is 276 g/mol.